The van der Waals surface area contributed by atoms with Crippen LogP contribution in [0, 0.1) is 0 Å². The van der Waals surface area contributed by atoms with Crippen molar-refractivity contribution < 1.29 is 17.9 Å². The molecule has 1 spiro atoms. The molecule has 5 rings (SSSR count). The summed E-state index contributed by atoms with van der Waals surface area (Å²) in [5, 5.41) is 0. The Bertz CT molecular complexity index is 795. The topological polar surface area (TPSA) is 55.8 Å². The molecule has 3 heterocycles. The number of piperidine rings is 1. The smallest absolute Gasteiger partial charge is 0.213 e. The van der Waals surface area contributed by atoms with E-state index in [1.807, 2.05) is 0 Å². The summed E-state index contributed by atoms with van der Waals surface area (Å²) >= 11 is 0. The Labute approximate surface area is 161 Å². The van der Waals surface area contributed by atoms with Gasteiger partial charge in [0.05, 0.1) is 18.1 Å². The standard InChI is InChI=1S/C21H29NO4S/c23-27(24)12-6-16(7-13-27)17-4-5-20-18(14-17)15-25-21(26-20)8-10-22(11-9-21)19-2-1-3-19/h4-5,14,16,19H,1-3,6-13,15H2. The van der Waals surface area contributed by atoms with E-state index >= 15 is 0 Å². The maximum atomic E-state index is 11.7. The lowest BCUT2D eigenvalue weighted by atomic mass is 9.88. The second-order valence-corrected chi connectivity index (χ2v) is 11.0. The molecule has 0 radical (unpaired) electrons. The summed E-state index contributed by atoms with van der Waals surface area (Å²) in [5.74, 6) is 1.45. The summed E-state index contributed by atoms with van der Waals surface area (Å²) in [4.78, 5) is 2.61. The molecule has 1 aliphatic carbocycles. The first kappa shape index (κ1) is 18.0. The van der Waals surface area contributed by atoms with Crippen LogP contribution in [0.5, 0.6) is 5.75 Å². The lowest BCUT2D eigenvalue weighted by Gasteiger charge is -2.47. The molecule has 1 aromatic carbocycles. The first-order valence-electron chi connectivity index (χ1n) is 10.4. The third-order valence-electron chi connectivity index (χ3n) is 7.05. The summed E-state index contributed by atoms with van der Waals surface area (Å²) in [7, 11) is -2.82. The van der Waals surface area contributed by atoms with Gasteiger partial charge in [0.25, 0.3) is 0 Å². The molecule has 0 atom stereocenters. The van der Waals surface area contributed by atoms with Crippen LogP contribution in [0.2, 0.25) is 0 Å². The number of ether oxygens (including phenoxy) is 2. The fourth-order valence-electron chi connectivity index (χ4n) is 4.96. The van der Waals surface area contributed by atoms with Crippen LogP contribution in [0.15, 0.2) is 18.2 Å². The molecule has 3 fully saturated rings. The number of sulfone groups is 1. The van der Waals surface area contributed by atoms with E-state index in [0.717, 1.165) is 56.1 Å². The van der Waals surface area contributed by atoms with E-state index in [9.17, 15) is 8.42 Å². The largest absolute Gasteiger partial charge is 0.462 e. The fraction of sp³-hybridized carbons (Fsp3) is 0.714. The third-order valence-corrected chi connectivity index (χ3v) is 8.76. The number of benzene rings is 1. The highest BCUT2D eigenvalue weighted by molar-refractivity contribution is 7.91. The van der Waals surface area contributed by atoms with Crippen molar-refractivity contribution in [3.05, 3.63) is 29.3 Å². The van der Waals surface area contributed by atoms with Crippen LogP contribution in [-0.4, -0.2) is 49.7 Å². The Balaban J connectivity index is 1.26. The van der Waals surface area contributed by atoms with Crippen molar-refractivity contribution in [1.29, 1.82) is 0 Å². The van der Waals surface area contributed by atoms with Gasteiger partial charge in [-0.15, -0.1) is 0 Å². The maximum absolute atomic E-state index is 11.7. The van der Waals surface area contributed by atoms with Crippen molar-refractivity contribution in [2.75, 3.05) is 24.6 Å². The number of hydrogen-bond donors (Lipinski definition) is 0. The van der Waals surface area contributed by atoms with Crippen LogP contribution >= 0.6 is 0 Å². The van der Waals surface area contributed by atoms with Gasteiger partial charge in [-0.05, 0) is 49.3 Å². The molecule has 0 N–H and O–H groups in total. The molecule has 1 aromatic rings. The van der Waals surface area contributed by atoms with Crippen molar-refractivity contribution in [3.63, 3.8) is 0 Å². The van der Waals surface area contributed by atoms with Gasteiger partial charge in [-0.1, -0.05) is 12.5 Å². The van der Waals surface area contributed by atoms with Gasteiger partial charge in [0.2, 0.25) is 5.79 Å². The Kier molecular flexibility index (Phi) is 4.49. The summed E-state index contributed by atoms with van der Waals surface area (Å²) in [5.41, 5.74) is 2.33. The van der Waals surface area contributed by atoms with E-state index in [1.54, 1.807) is 0 Å². The zero-order chi connectivity index (χ0) is 18.5. The third kappa shape index (κ3) is 3.52. The van der Waals surface area contributed by atoms with Crippen molar-refractivity contribution in [2.24, 2.45) is 0 Å². The number of hydrogen-bond acceptors (Lipinski definition) is 5. The van der Waals surface area contributed by atoms with Crippen molar-refractivity contribution in [3.8, 4) is 5.75 Å². The highest BCUT2D eigenvalue weighted by Crippen LogP contribution is 2.41. The number of nitrogens with zero attached hydrogens (tertiary/aromatic N) is 1. The van der Waals surface area contributed by atoms with Gasteiger partial charge in [0.1, 0.15) is 15.6 Å². The molecule has 4 aliphatic rings. The minimum atomic E-state index is -2.82. The Morgan fingerprint density at radius 2 is 1.78 bits per heavy atom. The van der Waals surface area contributed by atoms with Gasteiger partial charge < -0.3 is 9.47 Å². The van der Waals surface area contributed by atoms with E-state index in [-0.39, 0.29) is 0 Å². The van der Waals surface area contributed by atoms with E-state index in [2.05, 4.69) is 23.1 Å². The lowest BCUT2D eigenvalue weighted by Crippen LogP contribution is -2.54. The summed E-state index contributed by atoms with van der Waals surface area (Å²) in [6.45, 7) is 2.72. The molecule has 6 heteroatoms. The highest BCUT2D eigenvalue weighted by Gasteiger charge is 2.42. The van der Waals surface area contributed by atoms with Crippen molar-refractivity contribution in [1.82, 2.24) is 4.90 Å². The Morgan fingerprint density at radius 1 is 1.04 bits per heavy atom. The highest BCUT2D eigenvalue weighted by atomic mass is 32.2. The molecular weight excluding hydrogens is 362 g/mol. The average molecular weight is 392 g/mol. The molecule has 0 aromatic heterocycles. The second kappa shape index (κ2) is 6.75. The molecule has 2 saturated heterocycles. The van der Waals surface area contributed by atoms with Crippen LogP contribution in [0.1, 0.15) is 62.0 Å². The minimum Gasteiger partial charge on any atom is -0.462 e. The molecule has 1 saturated carbocycles. The zero-order valence-electron chi connectivity index (χ0n) is 15.9. The molecule has 0 bridgehead atoms. The van der Waals surface area contributed by atoms with Crippen LogP contribution in [-0.2, 0) is 21.2 Å². The molecule has 148 valence electrons. The Hall–Kier alpha value is -1.11. The van der Waals surface area contributed by atoms with Gasteiger partial charge >= 0.3 is 0 Å². The minimum absolute atomic E-state index is 0.308. The van der Waals surface area contributed by atoms with Crippen LogP contribution in [0.3, 0.4) is 0 Å². The van der Waals surface area contributed by atoms with Gasteiger partial charge in [-0.3, -0.25) is 4.90 Å². The molecule has 3 aliphatic heterocycles. The van der Waals surface area contributed by atoms with Gasteiger partial charge in [0.15, 0.2) is 0 Å². The molecular formula is C21H29NO4S. The van der Waals surface area contributed by atoms with Gasteiger partial charge in [-0.25, -0.2) is 8.42 Å². The summed E-state index contributed by atoms with van der Waals surface area (Å²) < 4.78 is 36.0. The zero-order valence-corrected chi connectivity index (χ0v) is 16.7. The van der Waals surface area contributed by atoms with Crippen LogP contribution < -0.4 is 4.74 Å². The van der Waals surface area contributed by atoms with E-state index in [4.69, 9.17) is 9.47 Å². The Morgan fingerprint density at radius 3 is 2.44 bits per heavy atom. The van der Waals surface area contributed by atoms with Crippen LogP contribution in [0.25, 0.3) is 0 Å². The maximum Gasteiger partial charge on any atom is 0.213 e. The lowest BCUT2D eigenvalue weighted by molar-refractivity contribution is -0.231. The number of rotatable bonds is 2. The SMILES string of the molecule is O=S1(=O)CCC(c2ccc3c(c2)COC2(CCN(C4CCC4)CC2)O3)CC1. The summed E-state index contributed by atoms with van der Waals surface area (Å²) in [6, 6.07) is 7.18. The number of likely N-dealkylation sites (tertiary alicyclic amines) is 1. The molecule has 0 amide bonds. The predicted molar refractivity (Wildman–Crippen MR) is 104 cm³/mol. The van der Waals surface area contributed by atoms with E-state index < -0.39 is 15.6 Å². The quantitative estimate of drug-likeness (QED) is 0.775. The van der Waals surface area contributed by atoms with E-state index in [1.165, 1.54) is 24.8 Å². The average Bonchev–Trinajstić information content (AvgIpc) is 2.62. The van der Waals surface area contributed by atoms with Crippen molar-refractivity contribution >= 4 is 9.84 Å². The van der Waals surface area contributed by atoms with Gasteiger partial charge in [-0.2, -0.15) is 0 Å². The van der Waals surface area contributed by atoms with Gasteiger partial charge in [0, 0.05) is 37.5 Å². The van der Waals surface area contributed by atoms with E-state index in [0.29, 0.717) is 24.0 Å². The first-order chi connectivity index (χ1) is 13.0. The molecule has 0 unspecified atom stereocenters. The van der Waals surface area contributed by atoms with Crippen LogP contribution in [0.4, 0.5) is 0 Å². The second-order valence-electron chi connectivity index (χ2n) is 8.72. The fourth-order valence-corrected chi connectivity index (χ4v) is 6.45. The monoisotopic (exact) mass is 391 g/mol. The number of fused-ring (bicyclic) bond motifs is 1. The van der Waals surface area contributed by atoms with Crippen molar-refractivity contribution in [2.45, 2.75) is 69.3 Å². The predicted octanol–water partition coefficient (Wildman–Crippen LogP) is 3.23. The molecule has 27 heavy (non-hydrogen) atoms. The molecule has 5 nitrogen and oxygen atoms in total. The first-order valence-corrected chi connectivity index (χ1v) is 12.2. The normalized spacial score (nSPS) is 28.3. The summed E-state index contributed by atoms with van der Waals surface area (Å²) in [6.07, 6.45) is 7.40.